The normalized spacial score (nSPS) is 12.7. The Morgan fingerprint density at radius 1 is 1.16 bits per heavy atom. The topological polar surface area (TPSA) is 18.5 Å². The fraction of sp³-hybridized carbons (Fsp3) is 0.600. The minimum absolute atomic E-state index is 0.308. The Morgan fingerprint density at radius 3 is 2.37 bits per heavy atom. The summed E-state index contributed by atoms with van der Waals surface area (Å²) in [4.78, 5) is 0. The van der Waals surface area contributed by atoms with Gasteiger partial charge in [0, 0.05) is 25.3 Å². The van der Waals surface area contributed by atoms with E-state index in [1.54, 1.807) is 0 Å². The molecule has 1 aromatic rings. The summed E-state index contributed by atoms with van der Waals surface area (Å²) in [7, 11) is -1.03. The van der Waals surface area contributed by atoms with Gasteiger partial charge in [0.05, 0.1) is 5.60 Å². The molecule has 1 aromatic carbocycles. The van der Waals surface area contributed by atoms with Gasteiger partial charge in [0.1, 0.15) is 6.79 Å². The molecular formula is C15H25ClO2Si. The van der Waals surface area contributed by atoms with E-state index in [-0.39, 0.29) is 0 Å². The van der Waals surface area contributed by atoms with Gasteiger partial charge < -0.3 is 9.47 Å². The van der Waals surface area contributed by atoms with E-state index in [1.165, 1.54) is 0 Å². The van der Waals surface area contributed by atoms with Crippen molar-refractivity contribution >= 4 is 19.7 Å². The Balaban J connectivity index is 2.42. The first-order valence-electron chi connectivity index (χ1n) is 6.69. The van der Waals surface area contributed by atoms with Crippen molar-refractivity contribution in [2.75, 3.05) is 13.4 Å². The first-order valence-corrected chi connectivity index (χ1v) is 10.8. The van der Waals surface area contributed by atoms with Crippen LogP contribution in [-0.4, -0.2) is 21.5 Å². The third-order valence-corrected chi connectivity index (χ3v) is 5.06. The Kier molecular flexibility index (Phi) is 6.05. The molecule has 19 heavy (non-hydrogen) atoms. The zero-order valence-corrected chi connectivity index (χ0v) is 14.4. The predicted molar refractivity (Wildman–Crippen MR) is 84.5 cm³/mol. The smallest absolute Gasteiger partial charge is 0.147 e. The quantitative estimate of drug-likeness (QED) is 0.405. The van der Waals surface area contributed by atoms with Gasteiger partial charge in [-0.05, 0) is 26.0 Å². The molecule has 0 amide bonds. The second-order valence-electron chi connectivity index (χ2n) is 6.47. The first kappa shape index (κ1) is 16.7. The van der Waals surface area contributed by atoms with Gasteiger partial charge in [-0.1, -0.05) is 49.4 Å². The predicted octanol–water partition coefficient (Wildman–Crippen LogP) is 4.90. The van der Waals surface area contributed by atoms with Crippen LogP contribution in [0, 0.1) is 0 Å². The standard InChI is InChI=1S/C15H25ClO2Si/c1-15(2,13-8-6-7-9-14(13)16)18-12-17-10-11-19(3,4)5/h6-9H,10-12H2,1-5H3. The Hall–Kier alpha value is -0.353. The fourth-order valence-electron chi connectivity index (χ4n) is 1.65. The average Bonchev–Trinajstić information content (AvgIpc) is 2.27. The molecule has 0 fully saturated rings. The highest BCUT2D eigenvalue weighted by Crippen LogP contribution is 2.30. The zero-order valence-electron chi connectivity index (χ0n) is 12.6. The lowest BCUT2D eigenvalue weighted by atomic mass is 9.98. The second kappa shape index (κ2) is 6.89. The number of halogens is 1. The second-order valence-corrected chi connectivity index (χ2v) is 12.5. The lowest BCUT2D eigenvalue weighted by molar-refractivity contribution is -0.129. The van der Waals surface area contributed by atoms with Crippen LogP contribution in [0.4, 0.5) is 0 Å². The molecule has 0 heterocycles. The van der Waals surface area contributed by atoms with Gasteiger partial charge in [0.25, 0.3) is 0 Å². The lowest BCUT2D eigenvalue weighted by Gasteiger charge is -2.27. The van der Waals surface area contributed by atoms with Gasteiger partial charge in [-0.3, -0.25) is 0 Å². The summed E-state index contributed by atoms with van der Waals surface area (Å²) in [6, 6.07) is 8.92. The number of rotatable bonds is 7. The zero-order chi connectivity index (χ0) is 14.5. The van der Waals surface area contributed by atoms with E-state index in [0.29, 0.717) is 6.79 Å². The van der Waals surface area contributed by atoms with E-state index in [2.05, 4.69) is 19.6 Å². The van der Waals surface area contributed by atoms with Crippen molar-refractivity contribution in [1.82, 2.24) is 0 Å². The summed E-state index contributed by atoms with van der Waals surface area (Å²) in [6.07, 6.45) is 0. The van der Waals surface area contributed by atoms with Crippen LogP contribution in [0.5, 0.6) is 0 Å². The molecule has 0 aliphatic carbocycles. The maximum atomic E-state index is 6.19. The van der Waals surface area contributed by atoms with Crippen molar-refractivity contribution in [3.8, 4) is 0 Å². The molecule has 0 atom stereocenters. The highest BCUT2D eigenvalue weighted by atomic mass is 35.5. The summed E-state index contributed by atoms with van der Waals surface area (Å²) in [5, 5.41) is 0.731. The summed E-state index contributed by atoms with van der Waals surface area (Å²) >= 11 is 6.19. The minimum Gasteiger partial charge on any atom is -0.356 e. The van der Waals surface area contributed by atoms with Crippen LogP contribution >= 0.6 is 11.6 Å². The summed E-state index contributed by atoms with van der Waals surface area (Å²) in [6.45, 7) is 12.1. The summed E-state index contributed by atoms with van der Waals surface area (Å²) < 4.78 is 11.4. The highest BCUT2D eigenvalue weighted by Gasteiger charge is 2.23. The highest BCUT2D eigenvalue weighted by molar-refractivity contribution is 6.76. The van der Waals surface area contributed by atoms with Crippen LogP contribution in [0.2, 0.25) is 30.7 Å². The van der Waals surface area contributed by atoms with Gasteiger partial charge in [-0.15, -0.1) is 0 Å². The molecule has 0 aliphatic rings. The summed E-state index contributed by atoms with van der Waals surface area (Å²) in [5.74, 6) is 0. The molecule has 0 N–H and O–H groups in total. The van der Waals surface area contributed by atoms with E-state index in [1.807, 2.05) is 38.1 Å². The van der Waals surface area contributed by atoms with Gasteiger partial charge in [-0.2, -0.15) is 0 Å². The first-order chi connectivity index (χ1) is 8.72. The largest absolute Gasteiger partial charge is 0.356 e. The van der Waals surface area contributed by atoms with Crippen LogP contribution in [0.15, 0.2) is 24.3 Å². The van der Waals surface area contributed by atoms with Crippen molar-refractivity contribution in [3.05, 3.63) is 34.9 Å². The van der Waals surface area contributed by atoms with Crippen LogP contribution in [0.3, 0.4) is 0 Å². The van der Waals surface area contributed by atoms with E-state index in [4.69, 9.17) is 21.1 Å². The van der Waals surface area contributed by atoms with Crippen molar-refractivity contribution < 1.29 is 9.47 Å². The van der Waals surface area contributed by atoms with Crippen LogP contribution in [0.1, 0.15) is 19.4 Å². The van der Waals surface area contributed by atoms with Gasteiger partial charge in [0.2, 0.25) is 0 Å². The summed E-state index contributed by atoms with van der Waals surface area (Å²) in [5.41, 5.74) is 0.558. The van der Waals surface area contributed by atoms with E-state index in [0.717, 1.165) is 23.2 Å². The minimum atomic E-state index is -1.03. The molecule has 0 saturated heterocycles. The molecule has 0 bridgehead atoms. The monoisotopic (exact) mass is 300 g/mol. The molecule has 0 unspecified atom stereocenters. The number of hydrogen-bond acceptors (Lipinski definition) is 2. The maximum Gasteiger partial charge on any atom is 0.147 e. The van der Waals surface area contributed by atoms with Gasteiger partial charge in [0.15, 0.2) is 0 Å². The van der Waals surface area contributed by atoms with E-state index >= 15 is 0 Å². The Bertz CT molecular complexity index is 399. The molecule has 108 valence electrons. The van der Waals surface area contributed by atoms with Crippen molar-refractivity contribution in [2.24, 2.45) is 0 Å². The van der Waals surface area contributed by atoms with E-state index < -0.39 is 13.7 Å². The van der Waals surface area contributed by atoms with Crippen LogP contribution in [0.25, 0.3) is 0 Å². The molecular weight excluding hydrogens is 276 g/mol. The van der Waals surface area contributed by atoms with Gasteiger partial charge in [-0.25, -0.2) is 0 Å². The van der Waals surface area contributed by atoms with Crippen molar-refractivity contribution in [1.29, 1.82) is 0 Å². The molecule has 1 rings (SSSR count). The fourth-order valence-corrected chi connectivity index (χ4v) is 2.77. The Morgan fingerprint density at radius 2 is 1.79 bits per heavy atom. The molecule has 0 aromatic heterocycles. The number of ether oxygens (including phenoxy) is 2. The molecule has 0 radical (unpaired) electrons. The number of benzene rings is 1. The maximum absolute atomic E-state index is 6.19. The third-order valence-electron chi connectivity index (χ3n) is 3.02. The SMILES string of the molecule is CC(C)(OCOCC[Si](C)(C)C)c1ccccc1Cl. The Labute approximate surface area is 123 Å². The molecule has 0 aliphatic heterocycles. The van der Waals surface area contributed by atoms with E-state index in [9.17, 15) is 0 Å². The number of hydrogen-bond donors (Lipinski definition) is 0. The van der Waals surface area contributed by atoms with Crippen LogP contribution in [-0.2, 0) is 15.1 Å². The third kappa shape index (κ3) is 6.08. The lowest BCUT2D eigenvalue weighted by Crippen LogP contribution is -2.25. The average molecular weight is 301 g/mol. The molecule has 4 heteroatoms. The molecule has 0 saturated carbocycles. The molecule has 2 nitrogen and oxygen atoms in total. The van der Waals surface area contributed by atoms with Crippen molar-refractivity contribution in [3.63, 3.8) is 0 Å². The molecule has 0 spiro atoms. The van der Waals surface area contributed by atoms with Crippen molar-refractivity contribution in [2.45, 2.75) is 45.1 Å². The van der Waals surface area contributed by atoms with Crippen LogP contribution < -0.4 is 0 Å². The van der Waals surface area contributed by atoms with Gasteiger partial charge >= 0.3 is 0 Å².